The molecule has 1 amide bonds. The zero-order valence-corrected chi connectivity index (χ0v) is 11.8. The minimum atomic E-state index is -0.696. The summed E-state index contributed by atoms with van der Waals surface area (Å²) in [6, 6.07) is 6.93. The molecule has 7 nitrogen and oxygen atoms in total. The molecule has 0 spiro atoms. The van der Waals surface area contributed by atoms with E-state index in [2.05, 4.69) is 15.2 Å². The van der Waals surface area contributed by atoms with Crippen LogP contribution in [0.4, 0.5) is 0 Å². The maximum absolute atomic E-state index is 12.3. The first-order chi connectivity index (χ1) is 10.1. The highest BCUT2D eigenvalue weighted by atomic mass is 16.5. The summed E-state index contributed by atoms with van der Waals surface area (Å²) >= 11 is 0. The average molecular weight is 289 g/mol. The molecule has 0 aliphatic carbocycles. The highest BCUT2D eigenvalue weighted by Gasteiger charge is 2.17. The Hall–Kier alpha value is -2.70. The molecule has 0 aliphatic heterocycles. The normalized spacial score (nSPS) is 10.4. The zero-order chi connectivity index (χ0) is 15.4. The zero-order valence-electron chi connectivity index (χ0n) is 11.8. The number of methoxy groups -OCH3 is 1. The number of hydrogen-bond acceptors (Lipinski definition) is 5. The molecule has 0 aliphatic rings. The van der Waals surface area contributed by atoms with Crippen LogP contribution in [-0.2, 0) is 16.1 Å². The van der Waals surface area contributed by atoms with Gasteiger partial charge in [0.25, 0.3) is 5.91 Å². The van der Waals surface area contributed by atoms with E-state index in [0.29, 0.717) is 17.4 Å². The van der Waals surface area contributed by atoms with Crippen molar-refractivity contribution in [2.75, 3.05) is 13.7 Å². The van der Waals surface area contributed by atoms with Gasteiger partial charge in [-0.05, 0) is 19.1 Å². The van der Waals surface area contributed by atoms with Crippen molar-refractivity contribution in [1.29, 1.82) is 0 Å². The number of fused-ring (bicyclic) bond motifs is 1. The average Bonchev–Trinajstić information content (AvgIpc) is 2.52. The fourth-order valence-corrected chi connectivity index (χ4v) is 1.94. The van der Waals surface area contributed by atoms with E-state index in [0.717, 1.165) is 0 Å². The van der Waals surface area contributed by atoms with Crippen LogP contribution in [0, 0.1) is 0 Å². The number of para-hydroxylation sites is 1. The molecule has 0 radical (unpaired) electrons. The van der Waals surface area contributed by atoms with Crippen molar-refractivity contribution < 1.29 is 14.3 Å². The number of carbonyl (C=O) groups is 2. The van der Waals surface area contributed by atoms with Crippen molar-refractivity contribution in [2.45, 2.75) is 13.5 Å². The molecule has 110 valence electrons. The molecule has 1 aromatic carbocycles. The van der Waals surface area contributed by atoms with Gasteiger partial charge >= 0.3 is 5.97 Å². The molecule has 1 aromatic heterocycles. The summed E-state index contributed by atoms with van der Waals surface area (Å²) in [6.07, 6.45) is 0. The number of benzene rings is 1. The van der Waals surface area contributed by atoms with Gasteiger partial charge in [-0.3, -0.25) is 19.1 Å². The van der Waals surface area contributed by atoms with Gasteiger partial charge in [0.2, 0.25) is 5.43 Å². The lowest BCUT2D eigenvalue weighted by atomic mass is 10.2. The van der Waals surface area contributed by atoms with E-state index in [1.807, 2.05) is 6.92 Å². The lowest BCUT2D eigenvalue weighted by Gasteiger charge is -2.09. The van der Waals surface area contributed by atoms with Crippen LogP contribution in [-0.4, -0.2) is 35.3 Å². The Balaban J connectivity index is 2.45. The quantitative estimate of drug-likeness (QED) is 0.819. The molecule has 0 bridgehead atoms. The summed E-state index contributed by atoms with van der Waals surface area (Å²) in [7, 11) is 1.22. The summed E-state index contributed by atoms with van der Waals surface area (Å²) in [5, 5.41) is 6.79. The third kappa shape index (κ3) is 2.91. The van der Waals surface area contributed by atoms with Crippen molar-refractivity contribution in [3.8, 4) is 0 Å². The number of ether oxygens (including phenoxy) is 1. The minimum absolute atomic E-state index is 0.237. The van der Waals surface area contributed by atoms with Crippen LogP contribution in [0.25, 0.3) is 10.9 Å². The molecular weight excluding hydrogens is 274 g/mol. The number of nitrogens with one attached hydrogen (secondary N) is 1. The molecule has 0 saturated carbocycles. The SMILES string of the molecule is CCn1nc(C(=O)NCC(=O)OC)c(=O)c2ccccc21. The third-order valence-electron chi connectivity index (χ3n) is 3.00. The van der Waals surface area contributed by atoms with E-state index in [4.69, 9.17) is 0 Å². The number of nitrogens with zero attached hydrogens (tertiary/aromatic N) is 2. The highest BCUT2D eigenvalue weighted by Crippen LogP contribution is 2.09. The largest absolute Gasteiger partial charge is 0.468 e. The number of aromatic nitrogens is 2. The third-order valence-corrected chi connectivity index (χ3v) is 3.00. The summed E-state index contributed by atoms with van der Waals surface area (Å²) < 4.78 is 6.00. The summed E-state index contributed by atoms with van der Waals surface area (Å²) in [5.41, 5.74) is -0.0355. The highest BCUT2D eigenvalue weighted by molar-refractivity contribution is 5.96. The van der Waals surface area contributed by atoms with E-state index in [1.54, 1.807) is 28.9 Å². The Bertz CT molecular complexity index is 751. The number of esters is 1. The Kier molecular flexibility index (Phi) is 4.32. The van der Waals surface area contributed by atoms with E-state index in [1.165, 1.54) is 7.11 Å². The molecule has 7 heteroatoms. The van der Waals surface area contributed by atoms with Crippen molar-refractivity contribution in [3.05, 3.63) is 40.2 Å². The number of rotatable bonds is 4. The summed E-state index contributed by atoms with van der Waals surface area (Å²) in [6.45, 7) is 2.06. The van der Waals surface area contributed by atoms with Gasteiger partial charge in [-0.1, -0.05) is 12.1 Å². The molecular formula is C14H15N3O4. The standard InChI is InChI=1S/C14H15N3O4/c1-3-17-10-7-5-4-6-9(10)13(19)12(16-17)14(20)15-8-11(18)21-2/h4-7H,3,8H2,1-2H3,(H,15,20). The lowest BCUT2D eigenvalue weighted by Crippen LogP contribution is -2.35. The van der Waals surface area contributed by atoms with Crippen LogP contribution in [0.1, 0.15) is 17.4 Å². The van der Waals surface area contributed by atoms with Gasteiger partial charge in [0.05, 0.1) is 12.6 Å². The Morgan fingerprint density at radius 1 is 1.33 bits per heavy atom. The first-order valence-electron chi connectivity index (χ1n) is 6.43. The van der Waals surface area contributed by atoms with E-state index < -0.39 is 17.3 Å². The smallest absolute Gasteiger partial charge is 0.325 e. The molecule has 1 N–H and O–H groups in total. The second-order valence-electron chi connectivity index (χ2n) is 4.27. The van der Waals surface area contributed by atoms with Crippen LogP contribution in [0.5, 0.6) is 0 Å². The van der Waals surface area contributed by atoms with Crippen LogP contribution in [0.15, 0.2) is 29.1 Å². The van der Waals surface area contributed by atoms with Crippen LogP contribution in [0.3, 0.4) is 0 Å². The van der Waals surface area contributed by atoms with E-state index in [-0.39, 0.29) is 12.2 Å². The van der Waals surface area contributed by atoms with Gasteiger partial charge in [-0.15, -0.1) is 0 Å². The second kappa shape index (κ2) is 6.17. The van der Waals surface area contributed by atoms with E-state index >= 15 is 0 Å². The maximum atomic E-state index is 12.3. The molecule has 21 heavy (non-hydrogen) atoms. The predicted molar refractivity (Wildman–Crippen MR) is 76.0 cm³/mol. The van der Waals surface area contributed by atoms with Gasteiger partial charge in [-0.25, -0.2) is 0 Å². The predicted octanol–water partition coefficient (Wildman–Crippen LogP) is 0.319. The van der Waals surface area contributed by atoms with Gasteiger partial charge in [-0.2, -0.15) is 5.10 Å². The molecule has 2 aromatic rings. The number of aryl methyl sites for hydroxylation is 1. The Morgan fingerprint density at radius 2 is 2.05 bits per heavy atom. The topological polar surface area (TPSA) is 90.3 Å². The Labute approximate surface area is 120 Å². The van der Waals surface area contributed by atoms with E-state index in [9.17, 15) is 14.4 Å². The monoisotopic (exact) mass is 289 g/mol. The second-order valence-corrected chi connectivity index (χ2v) is 4.27. The van der Waals surface area contributed by atoms with Crippen molar-refractivity contribution >= 4 is 22.8 Å². The lowest BCUT2D eigenvalue weighted by molar-refractivity contribution is -0.139. The van der Waals surface area contributed by atoms with Gasteiger partial charge in [0, 0.05) is 11.9 Å². The van der Waals surface area contributed by atoms with Crippen molar-refractivity contribution in [1.82, 2.24) is 15.1 Å². The van der Waals surface area contributed by atoms with Gasteiger partial charge in [0.1, 0.15) is 6.54 Å². The number of hydrogen-bond donors (Lipinski definition) is 1. The number of amides is 1. The minimum Gasteiger partial charge on any atom is -0.468 e. The van der Waals surface area contributed by atoms with Crippen LogP contribution < -0.4 is 10.7 Å². The molecule has 1 heterocycles. The first-order valence-corrected chi connectivity index (χ1v) is 6.43. The fraction of sp³-hybridized carbons (Fsp3) is 0.286. The Morgan fingerprint density at radius 3 is 2.71 bits per heavy atom. The number of carbonyl (C=O) groups excluding carboxylic acids is 2. The molecule has 0 fully saturated rings. The van der Waals surface area contributed by atoms with Crippen molar-refractivity contribution in [2.24, 2.45) is 0 Å². The summed E-state index contributed by atoms with van der Waals surface area (Å²) in [5.74, 6) is -1.29. The summed E-state index contributed by atoms with van der Waals surface area (Å²) in [4.78, 5) is 35.3. The van der Waals surface area contributed by atoms with Gasteiger partial charge < -0.3 is 10.1 Å². The van der Waals surface area contributed by atoms with Crippen LogP contribution >= 0.6 is 0 Å². The molecule has 0 atom stereocenters. The molecule has 2 rings (SSSR count). The first kappa shape index (κ1) is 14.7. The van der Waals surface area contributed by atoms with Crippen LogP contribution in [0.2, 0.25) is 0 Å². The fourth-order valence-electron chi connectivity index (χ4n) is 1.94. The van der Waals surface area contributed by atoms with Crippen molar-refractivity contribution in [3.63, 3.8) is 0 Å². The molecule has 0 unspecified atom stereocenters. The maximum Gasteiger partial charge on any atom is 0.325 e. The molecule has 0 saturated heterocycles. The van der Waals surface area contributed by atoms with Gasteiger partial charge in [0.15, 0.2) is 5.69 Å².